The fourth-order valence-electron chi connectivity index (χ4n) is 1.12. The second kappa shape index (κ2) is 6.47. The number of carbonyl (C=O) groups excluding carboxylic acids is 1. The Hall–Kier alpha value is -0.690. The minimum Gasteiger partial charge on any atom is -0.346 e. The molecule has 0 fully saturated rings. The highest BCUT2D eigenvalue weighted by Gasteiger charge is 2.28. The van der Waals surface area contributed by atoms with Gasteiger partial charge in [-0.1, -0.05) is 12.1 Å². The molecule has 1 amide bonds. The van der Waals surface area contributed by atoms with E-state index in [0.29, 0.717) is 0 Å². The number of carbonyl (C=O) groups is 1. The molecular formula is C11H11BrF3NOS. The monoisotopic (exact) mass is 341 g/mol. The van der Waals surface area contributed by atoms with Gasteiger partial charge in [0.05, 0.1) is 5.25 Å². The van der Waals surface area contributed by atoms with Crippen LogP contribution < -0.4 is 5.32 Å². The van der Waals surface area contributed by atoms with E-state index >= 15 is 0 Å². The molecule has 0 aliphatic heterocycles. The number of hydrogen-bond donors (Lipinski definition) is 1. The van der Waals surface area contributed by atoms with Crippen molar-refractivity contribution in [2.75, 3.05) is 6.54 Å². The van der Waals surface area contributed by atoms with Gasteiger partial charge in [-0.3, -0.25) is 4.79 Å². The van der Waals surface area contributed by atoms with Crippen LogP contribution in [0.2, 0.25) is 0 Å². The minimum absolute atomic E-state index is 0.592. The van der Waals surface area contributed by atoms with E-state index in [1.807, 2.05) is 17.4 Å². The lowest BCUT2D eigenvalue weighted by Crippen LogP contribution is -2.37. The van der Waals surface area contributed by atoms with Gasteiger partial charge in [-0.2, -0.15) is 13.2 Å². The summed E-state index contributed by atoms with van der Waals surface area (Å²) in [7, 11) is 0. The Morgan fingerprint density at radius 2 is 2.06 bits per heavy atom. The lowest BCUT2D eigenvalue weighted by molar-refractivity contribution is -0.137. The molecule has 0 spiro atoms. The number of rotatable bonds is 4. The van der Waals surface area contributed by atoms with Gasteiger partial charge in [0.15, 0.2) is 0 Å². The maximum atomic E-state index is 11.9. The normalized spacial score (nSPS) is 13.2. The molecule has 7 heteroatoms. The first-order valence-electron chi connectivity index (χ1n) is 5.05. The molecule has 0 saturated heterocycles. The molecule has 1 aromatic rings. The fourth-order valence-corrected chi connectivity index (χ4v) is 2.59. The molecule has 1 rings (SSSR count). The summed E-state index contributed by atoms with van der Waals surface area (Å²) in [6.45, 7) is 0.266. The zero-order chi connectivity index (χ0) is 13.8. The first-order valence-corrected chi connectivity index (χ1v) is 6.72. The van der Waals surface area contributed by atoms with Gasteiger partial charge in [0.2, 0.25) is 5.91 Å². The van der Waals surface area contributed by atoms with Gasteiger partial charge >= 0.3 is 6.18 Å². The van der Waals surface area contributed by atoms with Crippen molar-refractivity contribution in [1.82, 2.24) is 5.32 Å². The summed E-state index contributed by atoms with van der Waals surface area (Å²) in [5.41, 5.74) is 0. The van der Waals surface area contributed by atoms with Crippen LogP contribution in [0.15, 0.2) is 33.6 Å². The number of amides is 1. The molecular weight excluding hydrogens is 331 g/mol. The van der Waals surface area contributed by atoms with E-state index in [2.05, 4.69) is 15.9 Å². The second-order valence-corrected chi connectivity index (χ2v) is 5.76. The summed E-state index contributed by atoms with van der Waals surface area (Å²) < 4.78 is 36.6. The summed E-state index contributed by atoms with van der Waals surface area (Å²) in [5, 5.41) is 1.27. The van der Waals surface area contributed by atoms with Crippen LogP contribution in [-0.2, 0) is 4.79 Å². The standard InChI is InChI=1S/C11H11BrF3NOS/c1-7(10(17)16-6-11(13,14)15)18-9-5-3-2-4-8(9)12/h2-5,7H,6H2,1H3,(H,16,17). The maximum Gasteiger partial charge on any atom is 0.405 e. The molecule has 1 aromatic carbocycles. The molecule has 2 nitrogen and oxygen atoms in total. The van der Waals surface area contributed by atoms with Crippen LogP contribution in [0.1, 0.15) is 6.92 Å². The topological polar surface area (TPSA) is 29.1 Å². The molecule has 1 N–H and O–H groups in total. The molecule has 0 bridgehead atoms. The third-order valence-corrected chi connectivity index (χ3v) is 4.10. The van der Waals surface area contributed by atoms with Gasteiger partial charge < -0.3 is 5.32 Å². The highest BCUT2D eigenvalue weighted by atomic mass is 79.9. The Morgan fingerprint density at radius 1 is 1.44 bits per heavy atom. The van der Waals surface area contributed by atoms with Crippen molar-refractivity contribution < 1.29 is 18.0 Å². The van der Waals surface area contributed by atoms with Gasteiger partial charge in [0.25, 0.3) is 0 Å². The van der Waals surface area contributed by atoms with E-state index in [4.69, 9.17) is 0 Å². The van der Waals surface area contributed by atoms with Crippen LogP contribution in [0.5, 0.6) is 0 Å². The van der Waals surface area contributed by atoms with Crippen molar-refractivity contribution in [2.24, 2.45) is 0 Å². The molecule has 100 valence electrons. The molecule has 18 heavy (non-hydrogen) atoms. The second-order valence-electron chi connectivity index (χ2n) is 3.52. The van der Waals surface area contributed by atoms with E-state index in [1.54, 1.807) is 19.1 Å². The molecule has 0 aromatic heterocycles. The fraction of sp³-hybridized carbons (Fsp3) is 0.364. The average Bonchev–Trinajstić information content (AvgIpc) is 2.28. The quantitative estimate of drug-likeness (QED) is 0.847. The average molecular weight is 342 g/mol. The van der Waals surface area contributed by atoms with Gasteiger partial charge in [-0.15, -0.1) is 11.8 Å². The Balaban J connectivity index is 2.53. The Bertz CT molecular complexity index is 425. The maximum absolute atomic E-state index is 11.9. The SMILES string of the molecule is CC(Sc1ccccc1Br)C(=O)NCC(F)(F)F. The Kier molecular flexibility index (Phi) is 5.52. The predicted molar refractivity (Wildman–Crippen MR) is 68.5 cm³/mol. The number of halogens is 4. The lowest BCUT2D eigenvalue weighted by Gasteiger charge is -2.14. The van der Waals surface area contributed by atoms with Gasteiger partial charge in [-0.25, -0.2) is 0 Å². The molecule has 0 heterocycles. The zero-order valence-corrected chi connectivity index (χ0v) is 11.8. The summed E-state index contributed by atoms with van der Waals surface area (Å²) in [4.78, 5) is 12.3. The third-order valence-electron chi connectivity index (χ3n) is 1.97. The molecule has 0 aliphatic rings. The van der Waals surface area contributed by atoms with Crippen molar-refractivity contribution >= 4 is 33.6 Å². The van der Waals surface area contributed by atoms with Crippen LogP contribution >= 0.6 is 27.7 Å². The van der Waals surface area contributed by atoms with E-state index in [9.17, 15) is 18.0 Å². The molecule has 1 atom stereocenters. The first kappa shape index (κ1) is 15.4. The number of nitrogens with one attached hydrogen (secondary N) is 1. The lowest BCUT2D eigenvalue weighted by atomic mass is 10.4. The Morgan fingerprint density at radius 3 is 2.61 bits per heavy atom. The van der Waals surface area contributed by atoms with E-state index in [1.165, 1.54) is 11.8 Å². The van der Waals surface area contributed by atoms with Crippen LogP contribution in [0.3, 0.4) is 0 Å². The van der Waals surface area contributed by atoms with E-state index in [-0.39, 0.29) is 0 Å². The summed E-state index contributed by atoms with van der Waals surface area (Å²) in [5.74, 6) is -0.631. The van der Waals surface area contributed by atoms with Gasteiger partial charge in [-0.05, 0) is 35.0 Å². The largest absolute Gasteiger partial charge is 0.405 e. The van der Waals surface area contributed by atoms with Crippen LogP contribution in [0, 0.1) is 0 Å². The zero-order valence-electron chi connectivity index (χ0n) is 9.42. The van der Waals surface area contributed by atoms with Crippen LogP contribution in [0.25, 0.3) is 0 Å². The van der Waals surface area contributed by atoms with Crippen molar-refractivity contribution in [3.8, 4) is 0 Å². The molecule has 0 aliphatic carbocycles. The predicted octanol–water partition coefficient (Wildman–Crippen LogP) is 3.61. The number of thioether (sulfide) groups is 1. The number of benzene rings is 1. The van der Waals surface area contributed by atoms with Crippen molar-refractivity contribution in [2.45, 2.75) is 23.2 Å². The molecule has 0 saturated carbocycles. The minimum atomic E-state index is -4.38. The smallest absolute Gasteiger partial charge is 0.346 e. The highest BCUT2D eigenvalue weighted by molar-refractivity contribution is 9.10. The van der Waals surface area contributed by atoms with Crippen LogP contribution in [-0.4, -0.2) is 23.9 Å². The van der Waals surface area contributed by atoms with E-state index in [0.717, 1.165) is 9.37 Å². The number of alkyl halides is 3. The third kappa shape index (κ3) is 5.30. The van der Waals surface area contributed by atoms with Crippen molar-refractivity contribution in [3.05, 3.63) is 28.7 Å². The highest BCUT2D eigenvalue weighted by Crippen LogP contribution is 2.30. The Labute approximate surface area is 115 Å². The van der Waals surface area contributed by atoms with Crippen molar-refractivity contribution in [3.63, 3.8) is 0 Å². The van der Waals surface area contributed by atoms with E-state index < -0.39 is 23.9 Å². The summed E-state index contributed by atoms with van der Waals surface area (Å²) in [6, 6.07) is 7.22. The first-order chi connectivity index (χ1) is 8.29. The molecule has 1 unspecified atom stereocenters. The van der Waals surface area contributed by atoms with Gasteiger partial charge in [0, 0.05) is 9.37 Å². The van der Waals surface area contributed by atoms with Crippen molar-refractivity contribution in [1.29, 1.82) is 0 Å². The van der Waals surface area contributed by atoms with Gasteiger partial charge in [0.1, 0.15) is 6.54 Å². The summed E-state index contributed by atoms with van der Waals surface area (Å²) in [6.07, 6.45) is -4.38. The molecule has 0 radical (unpaired) electrons. The number of hydrogen-bond acceptors (Lipinski definition) is 2. The van der Waals surface area contributed by atoms with Crippen LogP contribution in [0.4, 0.5) is 13.2 Å². The summed E-state index contributed by atoms with van der Waals surface area (Å²) >= 11 is 4.51.